The molecule has 0 aliphatic heterocycles. The molecule has 0 fully saturated rings. The zero-order chi connectivity index (χ0) is 0. The van der Waals surface area contributed by atoms with Gasteiger partial charge in [0.15, 0.2) is 0 Å². The summed E-state index contributed by atoms with van der Waals surface area (Å²) in [6.07, 6.45) is 0. The van der Waals surface area contributed by atoms with Crippen LogP contribution in [0.15, 0.2) is 0 Å². The van der Waals surface area contributed by atoms with Gasteiger partial charge in [-0.1, -0.05) is 0 Å². The van der Waals surface area contributed by atoms with Gasteiger partial charge in [-0.25, -0.2) is 0 Å². The summed E-state index contributed by atoms with van der Waals surface area (Å²) in [5, 5.41) is 0. The van der Waals surface area contributed by atoms with Crippen LogP contribution in [0.2, 0.25) is 0 Å². The Morgan fingerprint density at radius 1 is 1.00 bits per heavy atom. The van der Waals surface area contributed by atoms with Gasteiger partial charge in [-0.3, -0.25) is 0 Å². The summed E-state index contributed by atoms with van der Waals surface area (Å²) in [7, 11) is 0. The SMILES string of the molecule is [Cu+2].[Fe+2].[Na+].[Ni+2].[O-2]. The normalized spacial score (nSPS) is 0. The number of hydrogen-bond donors (Lipinski definition) is 0. The first kappa shape index (κ1) is 50.8. The van der Waals surface area contributed by atoms with Crippen molar-refractivity contribution in [2.45, 2.75) is 0 Å². The van der Waals surface area contributed by atoms with Gasteiger partial charge in [0.2, 0.25) is 0 Å². The predicted molar refractivity (Wildman–Crippen MR) is 0.686 cm³/mol. The van der Waals surface area contributed by atoms with Crippen molar-refractivity contribution in [1.29, 1.82) is 0 Å². The molecule has 0 aliphatic rings. The molecule has 0 aromatic carbocycles. The standard InChI is InChI=1S/Cu.Fe.Na.Ni.O/q2*+2;+1;+2;-2. The Morgan fingerprint density at radius 2 is 1.00 bits per heavy atom. The van der Waals surface area contributed by atoms with Crippen LogP contribution in [0.4, 0.5) is 0 Å². The van der Waals surface area contributed by atoms with E-state index in [9.17, 15) is 0 Å². The third kappa shape index (κ3) is 21.1. The van der Waals surface area contributed by atoms with Crippen molar-refractivity contribution in [3.05, 3.63) is 0 Å². The van der Waals surface area contributed by atoms with Crippen LogP contribution < -0.4 is 29.6 Å². The molecule has 1 radical (unpaired) electrons. The smallest absolute Gasteiger partial charge is 2.00 e. The van der Waals surface area contributed by atoms with Gasteiger partial charge in [0, 0.05) is 0 Å². The average Bonchev–Trinajstić information content (AvgIpc) is 0. The minimum Gasteiger partial charge on any atom is -2.00 e. The number of rotatable bonds is 0. The van der Waals surface area contributed by atoms with Gasteiger partial charge in [0.25, 0.3) is 0 Å². The Labute approximate surface area is 84.5 Å². The van der Waals surface area contributed by atoms with Crippen LogP contribution in [0.25, 0.3) is 0 Å². The van der Waals surface area contributed by atoms with Gasteiger partial charge in [-0.05, 0) is 0 Å². The molecule has 0 N–H and O–H groups in total. The fourth-order valence-electron chi connectivity index (χ4n) is 0. The van der Waals surface area contributed by atoms with Crippen LogP contribution in [0, 0.1) is 0 Å². The van der Waals surface area contributed by atoms with Crippen molar-refractivity contribution in [2.75, 3.05) is 0 Å². The largest absolute Gasteiger partial charge is 2.00 e. The van der Waals surface area contributed by atoms with Crippen molar-refractivity contribution in [3.8, 4) is 0 Å². The van der Waals surface area contributed by atoms with E-state index in [1.54, 1.807) is 0 Å². The monoisotopic (exact) mass is 216 g/mol. The third-order valence-electron chi connectivity index (χ3n) is 0. The first-order valence-corrected chi connectivity index (χ1v) is 0. The summed E-state index contributed by atoms with van der Waals surface area (Å²) in [6.45, 7) is 0. The fourth-order valence-corrected chi connectivity index (χ4v) is 0. The Morgan fingerprint density at radius 3 is 1.00 bits per heavy atom. The van der Waals surface area contributed by atoms with Crippen molar-refractivity contribution < 1.29 is 85.7 Å². The van der Waals surface area contributed by atoms with E-state index in [4.69, 9.17) is 0 Å². The maximum absolute atomic E-state index is 0. The molecule has 0 spiro atoms. The van der Waals surface area contributed by atoms with Crippen LogP contribution in [0.5, 0.6) is 0 Å². The van der Waals surface area contributed by atoms with Gasteiger partial charge >= 0.3 is 80.2 Å². The quantitative estimate of drug-likeness (QED) is 0.384. The maximum atomic E-state index is 0. The minimum absolute atomic E-state index is 0. The zero-order valence-electron chi connectivity index (χ0n) is 2.38. The van der Waals surface area contributed by atoms with Gasteiger partial charge in [-0.2, -0.15) is 0 Å². The molecule has 0 amide bonds. The first-order valence-electron chi connectivity index (χ1n) is 0. The zero-order valence-corrected chi connectivity index (χ0v) is 7.41. The number of hydrogen-bond acceptors (Lipinski definition) is 0. The Balaban J connectivity index is 0. The van der Waals surface area contributed by atoms with Gasteiger partial charge in [-0.15, -0.1) is 0 Å². The van der Waals surface area contributed by atoms with Crippen molar-refractivity contribution in [2.24, 2.45) is 0 Å². The van der Waals surface area contributed by atoms with Gasteiger partial charge in [0.05, 0.1) is 0 Å². The molecule has 31 valence electrons. The molecular formula is CuFeNaNiO+5. The molecule has 0 bridgehead atoms. The van der Waals surface area contributed by atoms with Crippen molar-refractivity contribution >= 4 is 0 Å². The second-order valence-corrected chi connectivity index (χ2v) is 0. The van der Waals surface area contributed by atoms with E-state index in [-0.39, 0.29) is 85.7 Å². The van der Waals surface area contributed by atoms with Crippen LogP contribution in [0.1, 0.15) is 0 Å². The predicted octanol–water partition coefficient (Wildman–Crippen LogP) is -3.12. The van der Waals surface area contributed by atoms with Crippen LogP contribution in [-0.2, 0) is 56.1 Å². The van der Waals surface area contributed by atoms with Gasteiger partial charge in [0.1, 0.15) is 0 Å². The van der Waals surface area contributed by atoms with E-state index >= 15 is 0 Å². The topological polar surface area (TPSA) is 28.5 Å². The summed E-state index contributed by atoms with van der Waals surface area (Å²) in [5.41, 5.74) is 0. The Kier molecular flexibility index (Phi) is 321. The molecule has 0 saturated heterocycles. The van der Waals surface area contributed by atoms with E-state index in [2.05, 4.69) is 0 Å². The van der Waals surface area contributed by atoms with E-state index in [1.807, 2.05) is 0 Å². The molecule has 0 aromatic heterocycles. The summed E-state index contributed by atoms with van der Waals surface area (Å²) < 4.78 is 0. The molecule has 1 nitrogen and oxygen atoms in total. The van der Waals surface area contributed by atoms with Crippen LogP contribution >= 0.6 is 0 Å². The molecule has 0 aromatic rings. The van der Waals surface area contributed by atoms with E-state index < -0.39 is 0 Å². The van der Waals surface area contributed by atoms with Crippen molar-refractivity contribution in [1.82, 2.24) is 0 Å². The van der Waals surface area contributed by atoms with Crippen LogP contribution in [0.3, 0.4) is 0 Å². The molecule has 5 heavy (non-hydrogen) atoms. The summed E-state index contributed by atoms with van der Waals surface area (Å²) in [5.74, 6) is 0. The molecule has 0 atom stereocenters. The van der Waals surface area contributed by atoms with Crippen LogP contribution in [-0.4, -0.2) is 0 Å². The third-order valence-corrected chi connectivity index (χ3v) is 0. The van der Waals surface area contributed by atoms with Crippen molar-refractivity contribution in [3.63, 3.8) is 0 Å². The second-order valence-electron chi connectivity index (χ2n) is 0. The molecule has 0 unspecified atom stereocenters. The van der Waals surface area contributed by atoms with E-state index in [0.717, 1.165) is 0 Å². The second kappa shape index (κ2) is 31.5. The maximum Gasteiger partial charge on any atom is 2.00 e. The fraction of sp³-hybridized carbons (Fsp3) is 0. The average molecular weight is 217 g/mol. The summed E-state index contributed by atoms with van der Waals surface area (Å²) in [6, 6.07) is 0. The molecule has 0 saturated carbocycles. The Hall–Kier alpha value is 2.49. The molecule has 0 heterocycles. The molecule has 0 aliphatic carbocycles. The van der Waals surface area contributed by atoms with E-state index in [1.165, 1.54) is 0 Å². The van der Waals surface area contributed by atoms with Gasteiger partial charge < -0.3 is 5.48 Å². The van der Waals surface area contributed by atoms with E-state index in [0.29, 0.717) is 0 Å². The summed E-state index contributed by atoms with van der Waals surface area (Å²) in [4.78, 5) is 0. The minimum atomic E-state index is 0. The first-order chi connectivity index (χ1) is 0. The molecular weight excluding hydrogens is 217 g/mol. The molecule has 5 heteroatoms. The molecule has 0 rings (SSSR count). The summed E-state index contributed by atoms with van der Waals surface area (Å²) >= 11 is 0. The Bertz CT molecular complexity index is 11.6.